The minimum Gasteiger partial charge on any atom is -0.393 e. The van der Waals surface area contributed by atoms with E-state index in [9.17, 15) is 4.79 Å². The van der Waals surface area contributed by atoms with Crippen molar-refractivity contribution in [2.24, 2.45) is 13.0 Å². The Labute approximate surface area is 119 Å². The third-order valence-corrected chi connectivity index (χ3v) is 3.54. The van der Waals surface area contributed by atoms with Crippen LogP contribution in [0.25, 0.3) is 0 Å². The first-order valence-corrected chi connectivity index (χ1v) is 6.99. The molecule has 2 rings (SSSR count). The third kappa shape index (κ3) is 2.79. The van der Waals surface area contributed by atoms with E-state index in [0.717, 1.165) is 17.7 Å². The van der Waals surface area contributed by atoms with E-state index in [2.05, 4.69) is 32.9 Å². The second-order valence-electron chi connectivity index (χ2n) is 5.83. The lowest BCUT2D eigenvalue weighted by Gasteiger charge is -2.11. The van der Waals surface area contributed by atoms with Gasteiger partial charge in [-0.15, -0.1) is 0 Å². The van der Waals surface area contributed by atoms with Gasteiger partial charge in [-0.1, -0.05) is 43.7 Å². The van der Waals surface area contributed by atoms with Crippen molar-refractivity contribution < 1.29 is 0 Å². The number of hydrogen-bond donors (Lipinski definition) is 1. The van der Waals surface area contributed by atoms with Gasteiger partial charge in [-0.25, -0.2) is 4.68 Å². The fraction of sp³-hybridized carbons (Fsp3) is 0.438. The third-order valence-electron chi connectivity index (χ3n) is 3.54. The highest BCUT2D eigenvalue weighted by Crippen LogP contribution is 2.14. The number of aromatic nitrogens is 2. The number of hydrogen-bond acceptors (Lipinski definition) is 2. The van der Waals surface area contributed by atoms with E-state index in [0.29, 0.717) is 18.2 Å². The number of rotatable bonds is 4. The van der Waals surface area contributed by atoms with Crippen molar-refractivity contribution in [1.29, 1.82) is 0 Å². The first kappa shape index (κ1) is 14.4. The summed E-state index contributed by atoms with van der Waals surface area (Å²) >= 11 is 0. The van der Waals surface area contributed by atoms with Gasteiger partial charge in [-0.3, -0.25) is 9.48 Å². The maximum atomic E-state index is 12.3. The van der Waals surface area contributed by atoms with Gasteiger partial charge in [-0.2, -0.15) is 0 Å². The molecule has 20 heavy (non-hydrogen) atoms. The number of nitrogens with zero attached hydrogens (tertiary/aromatic N) is 2. The Morgan fingerprint density at radius 2 is 2.00 bits per heavy atom. The molecule has 0 fully saturated rings. The number of aryl methyl sites for hydroxylation is 1. The van der Waals surface area contributed by atoms with E-state index >= 15 is 0 Å². The van der Waals surface area contributed by atoms with Crippen molar-refractivity contribution in [3.05, 3.63) is 51.4 Å². The Bertz CT molecular complexity index is 665. The molecule has 0 radical (unpaired) electrons. The lowest BCUT2D eigenvalue weighted by atomic mass is 10.1. The predicted molar refractivity (Wildman–Crippen MR) is 82.9 cm³/mol. The topological polar surface area (TPSA) is 52.9 Å². The number of anilines is 1. The second kappa shape index (κ2) is 5.57. The molecule has 2 aromatic rings. The SMILES string of the molecule is Cc1cccc(Cn2c(=O)c(N)c(CC(C)C)n2C)c1. The number of nitrogen functional groups attached to an aromatic ring is 1. The van der Waals surface area contributed by atoms with Crippen molar-refractivity contribution in [3.63, 3.8) is 0 Å². The van der Waals surface area contributed by atoms with Crippen molar-refractivity contribution in [1.82, 2.24) is 9.36 Å². The summed E-state index contributed by atoms with van der Waals surface area (Å²) in [4.78, 5) is 12.3. The highest BCUT2D eigenvalue weighted by Gasteiger charge is 2.16. The molecule has 0 spiro atoms. The van der Waals surface area contributed by atoms with Gasteiger partial charge in [0.05, 0.1) is 12.2 Å². The van der Waals surface area contributed by atoms with Gasteiger partial charge in [0.15, 0.2) is 0 Å². The average molecular weight is 273 g/mol. The zero-order chi connectivity index (χ0) is 14.9. The van der Waals surface area contributed by atoms with E-state index < -0.39 is 0 Å². The smallest absolute Gasteiger partial charge is 0.290 e. The Morgan fingerprint density at radius 3 is 2.60 bits per heavy atom. The second-order valence-corrected chi connectivity index (χ2v) is 5.83. The van der Waals surface area contributed by atoms with Crippen LogP contribution >= 0.6 is 0 Å². The summed E-state index contributed by atoms with van der Waals surface area (Å²) in [6, 6.07) is 8.19. The van der Waals surface area contributed by atoms with Crippen LogP contribution in [-0.2, 0) is 20.0 Å². The van der Waals surface area contributed by atoms with E-state index in [1.165, 1.54) is 5.56 Å². The Morgan fingerprint density at radius 1 is 1.30 bits per heavy atom. The molecule has 0 aliphatic carbocycles. The largest absolute Gasteiger partial charge is 0.393 e. The van der Waals surface area contributed by atoms with E-state index in [1.54, 1.807) is 4.68 Å². The van der Waals surface area contributed by atoms with Gasteiger partial charge < -0.3 is 5.73 Å². The minimum absolute atomic E-state index is 0.0929. The predicted octanol–water partition coefficient (Wildman–Crippen LogP) is 2.32. The Kier molecular flexibility index (Phi) is 4.02. The summed E-state index contributed by atoms with van der Waals surface area (Å²) in [5.41, 5.74) is 9.51. The van der Waals surface area contributed by atoms with Crippen LogP contribution < -0.4 is 11.3 Å². The first-order valence-electron chi connectivity index (χ1n) is 6.99. The molecule has 0 saturated carbocycles. The molecule has 1 aromatic carbocycles. The van der Waals surface area contributed by atoms with E-state index in [1.807, 2.05) is 23.9 Å². The summed E-state index contributed by atoms with van der Waals surface area (Å²) in [6.07, 6.45) is 0.818. The molecular weight excluding hydrogens is 250 g/mol. The van der Waals surface area contributed by atoms with Gasteiger partial charge in [-0.05, 0) is 24.8 Å². The van der Waals surface area contributed by atoms with Crippen molar-refractivity contribution in [2.75, 3.05) is 5.73 Å². The molecule has 1 heterocycles. The summed E-state index contributed by atoms with van der Waals surface area (Å²) in [5, 5.41) is 0. The van der Waals surface area contributed by atoms with Crippen molar-refractivity contribution in [2.45, 2.75) is 33.7 Å². The summed E-state index contributed by atoms with van der Waals surface area (Å²) in [5.74, 6) is 0.470. The Hall–Kier alpha value is -1.97. The summed E-state index contributed by atoms with van der Waals surface area (Å²) < 4.78 is 3.61. The lowest BCUT2D eigenvalue weighted by Crippen LogP contribution is -2.23. The number of nitrogens with two attached hydrogens (primary N) is 1. The lowest BCUT2D eigenvalue weighted by molar-refractivity contribution is 0.500. The zero-order valence-electron chi connectivity index (χ0n) is 12.7. The standard InChI is InChI=1S/C16H23N3O/c1-11(2)8-14-15(17)16(20)19(18(14)4)10-13-7-5-6-12(3)9-13/h5-7,9,11H,8,10,17H2,1-4H3. The van der Waals surface area contributed by atoms with Crippen LogP contribution in [0, 0.1) is 12.8 Å². The summed E-state index contributed by atoms with van der Waals surface area (Å²) in [6.45, 7) is 6.86. The minimum atomic E-state index is -0.0929. The van der Waals surface area contributed by atoms with E-state index in [4.69, 9.17) is 5.73 Å². The average Bonchev–Trinajstić information content (AvgIpc) is 2.56. The molecule has 0 atom stereocenters. The molecule has 0 bridgehead atoms. The fourth-order valence-corrected chi connectivity index (χ4v) is 2.51. The quantitative estimate of drug-likeness (QED) is 0.929. The van der Waals surface area contributed by atoms with Crippen LogP contribution in [0.1, 0.15) is 30.7 Å². The van der Waals surface area contributed by atoms with Crippen LogP contribution in [-0.4, -0.2) is 9.36 Å². The normalized spacial score (nSPS) is 11.2. The van der Waals surface area contributed by atoms with Gasteiger partial charge in [0.25, 0.3) is 5.56 Å². The zero-order valence-corrected chi connectivity index (χ0v) is 12.7. The van der Waals surface area contributed by atoms with Gasteiger partial charge >= 0.3 is 0 Å². The molecule has 0 aliphatic rings. The monoisotopic (exact) mass is 273 g/mol. The molecule has 0 aliphatic heterocycles. The molecule has 1 aromatic heterocycles. The maximum absolute atomic E-state index is 12.3. The molecule has 0 saturated heterocycles. The first-order chi connectivity index (χ1) is 9.40. The number of benzene rings is 1. The molecule has 2 N–H and O–H groups in total. The molecule has 4 nitrogen and oxygen atoms in total. The molecule has 4 heteroatoms. The van der Waals surface area contributed by atoms with Crippen LogP contribution in [0.15, 0.2) is 29.1 Å². The van der Waals surface area contributed by atoms with Gasteiger partial charge in [0.1, 0.15) is 5.69 Å². The van der Waals surface area contributed by atoms with Crippen LogP contribution in [0.5, 0.6) is 0 Å². The van der Waals surface area contributed by atoms with Gasteiger partial charge in [0, 0.05) is 7.05 Å². The molecular formula is C16H23N3O. The molecule has 0 amide bonds. The fourth-order valence-electron chi connectivity index (χ4n) is 2.51. The Balaban J connectivity index is 2.40. The van der Waals surface area contributed by atoms with Crippen LogP contribution in [0.3, 0.4) is 0 Å². The highest BCUT2D eigenvalue weighted by atomic mass is 16.1. The van der Waals surface area contributed by atoms with Gasteiger partial charge in [0.2, 0.25) is 0 Å². The van der Waals surface area contributed by atoms with E-state index in [-0.39, 0.29) is 5.56 Å². The van der Waals surface area contributed by atoms with Crippen molar-refractivity contribution in [3.8, 4) is 0 Å². The molecule has 0 unspecified atom stereocenters. The maximum Gasteiger partial charge on any atom is 0.290 e. The van der Waals surface area contributed by atoms with Crippen molar-refractivity contribution >= 4 is 5.69 Å². The highest BCUT2D eigenvalue weighted by molar-refractivity contribution is 5.42. The summed E-state index contributed by atoms with van der Waals surface area (Å²) in [7, 11) is 1.91. The van der Waals surface area contributed by atoms with Crippen LogP contribution in [0.4, 0.5) is 5.69 Å². The molecule has 108 valence electrons. The van der Waals surface area contributed by atoms with Crippen LogP contribution in [0.2, 0.25) is 0 Å².